The molecule has 0 aromatic heterocycles. The van der Waals surface area contributed by atoms with Crippen molar-refractivity contribution < 1.29 is 30.4 Å². The SMILES string of the molecule is C=C[C]1([Mn])C=CC=C1C.[C]=O.[C]=O.[C]=O. The van der Waals surface area contributed by atoms with E-state index in [2.05, 4.69) is 62.0 Å². The Morgan fingerprint density at radius 1 is 1.27 bits per heavy atom. The Hall–Kier alpha value is -1.25. The van der Waals surface area contributed by atoms with Crippen molar-refractivity contribution in [2.75, 3.05) is 0 Å². The normalized spacial score (nSPS) is 20.3. The molecule has 1 unspecified atom stereocenters. The zero-order chi connectivity index (χ0) is 12.9. The molecule has 15 heavy (non-hydrogen) atoms. The van der Waals surface area contributed by atoms with Crippen molar-refractivity contribution in [3.63, 3.8) is 0 Å². The average molecular weight is 244 g/mol. The summed E-state index contributed by atoms with van der Waals surface area (Å²) in [7, 11) is 0. The van der Waals surface area contributed by atoms with E-state index in [1.807, 2.05) is 12.2 Å². The molecule has 1 aliphatic rings. The second-order valence-corrected chi connectivity index (χ2v) is 3.16. The van der Waals surface area contributed by atoms with E-state index < -0.39 is 0 Å². The first-order chi connectivity index (χ1) is 7.19. The van der Waals surface area contributed by atoms with E-state index in [0.717, 1.165) is 0 Å². The molecule has 1 rings (SSSR count). The van der Waals surface area contributed by atoms with Crippen LogP contribution >= 0.6 is 0 Å². The Morgan fingerprint density at radius 3 is 1.80 bits per heavy atom. The summed E-state index contributed by atoms with van der Waals surface area (Å²) >= 11 is 3.54. The summed E-state index contributed by atoms with van der Waals surface area (Å²) in [4.78, 5) is 22.5. The van der Waals surface area contributed by atoms with Gasteiger partial charge in [0, 0.05) is 0 Å². The van der Waals surface area contributed by atoms with E-state index in [-0.39, 0.29) is 4.31 Å². The molecular formula is C11H9MnO3. The van der Waals surface area contributed by atoms with E-state index in [1.54, 1.807) is 0 Å². The first kappa shape index (κ1) is 19.3. The number of allylic oxidation sites excluding steroid dienone is 5. The molecule has 1 aliphatic carbocycles. The number of carbonyl (C=O) groups excluding carboxylic acids is 3. The van der Waals surface area contributed by atoms with Gasteiger partial charge < -0.3 is 0 Å². The molecule has 0 aliphatic heterocycles. The zero-order valence-electron chi connectivity index (χ0n) is 8.12. The van der Waals surface area contributed by atoms with Crippen molar-refractivity contribution in [3.8, 4) is 0 Å². The molecule has 1 atom stereocenters. The molecule has 0 bridgehead atoms. The van der Waals surface area contributed by atoms with Crippen LogP contribution in [0.4, 0.5) is 0 Å². The number of hydrogen-bond acceptors (Lipinski definition) is 3. The van der Waals surface area contributed by atoms with Gasteiger partial charge in [0.15, 0.2) is 0 Å². The Kier molecular flexibility index (Phi) is 16.4. The maximum atomic E-state index is 7.50. The van der Waals surface area contributed by atoms with Crippen LogP contribution in [0.15, 0.2) is 36.5 Å². The molecule has 0 N–H and O–H groups in total. The van der Waals surface area contributed by atoms with Crippen molar-refractivity contribution in [1.29, 1.82) is 0 Å². The summed E-state index contributed by atoms with van der Waals surface area (Å²) in [6.45, 7) is 19.3. The minimum Gasteiger partial charge on any atom is -0.281 e. The van der Waals surface area contributed by atoms with Crippen LogP contribution in [-0.2, 0) is 30.4 Å². The summed E-state index contributed by atoms with van der Waals surface area (Å²) in [5.41, 5.74) is 1.29. The van der Waals surface area contributed by atoms with Crippen molar-refractivity contribution >= 4 is 20.4 Å². The second-order valence-electron chi connectivity index (χ2n) is 2.18. The first-order valence-corrected chi connectivity index (χ1v) is 4.08. The fourth-order valence-corrected chi connectivity index (χ4v) is 1.03. The Bertz CT molecular complexity index is 231. The maximum absolute atomic E-state index is 7.50. The first-order valence-electron chi connectivity index (χ1n) is 3.49. The van der Waals surface area contributed by atoms with Gasteiger partial charge in [0.05, 0.1) is 0 Å². The molecule has 3 nitrogen and oxygen atoms in total. The molecule has 6 radical (unpaired) electrons. The molecule has 0 aromatic carbocycles. The van der Waals surface area contributed by atoms with E-state index >= 15 is 0 Å². The summed E-state index contributed by atoms with van der Waals surface area (Å²) in [6.07, 6.45) is 8.08. The minimum atomic E-state index is -0.0486. The van der Waals surface area contributed by atoms with Gasteiger partial charge in [-0.15, -0.1) is 0 Å². The number of hydrogen-bond donors (Lipinski definition) is 0. The second kappa shape index (κ2) is 12.7. The van der Waals surface area contributed by atoms with Crippen molar-refractivity contribution in [2.24, 2.45) is 0 Å². The van der Waals surface area contributed by atoms with Crippen LogP contribution in [0.2, 0.25) is 4.31 Å². The van der Waals surface area contributed by atoms with Crippen LogP contribution in [0, 0.1) is 0 Å². The van der Waals surface area contributed by atoms with E-state index in [0.29, 0.717) is 0 Å². The van der Waals surface area contributed by atoms with E-state index in [9.17, 15) is 0 Å². The molecule has 0 heterocycles. The molecule has 0 fully saturated rings. The largest absolute Gasteiger partial charge is 0.281 e. The van der Waals surface area contributed by atoms with Gasteiger partial charge in [-0.1, -0.05) is 0 Å². The molecule has 0 aromatic rings. The van der Waals surface area contributed by atoms with Crippen molar-refractivity contribution in [3.05, 3.63) is 36.5 Å². The fourth-order valence-electron chi connectivity index (χ4n) is 0.821. The van der Waals surface area contributed by atoms with Crippen LogP contribution in [0.5, 0.6) is 0 Å². The van der Waals surface area contributed by atoms with E-state index in [4.69, 9.17) is 14.4 Å². The summed E-state index contributed by atoms with van der Waals surface area (Å²) in [6, 6.07) is 0. The van der Waals surface area contributed by atoms with Crippen LogP contribution in [-0.4, -0.2) is 20.4 Å². The topological polar surface area (TPSA) is 51.2 Å². The third-order valence-electron chi connectivity index (χ3n) is 1.59. The zero-order valence-corrected chi connectivity index (χ0v) is 9.30. The summed E-state index contributed by atoms with van der Waals surface area (Å²) in [5, 5.41) is 0. The predicted octanol–water partition coefficient (Wildman–Crippen LogP) is 1.20. The van der Waals surface area contributed by atoms with Crippen LogP contribution < -0.4 is 0 Å². The van der Waals surface area contributed by atoms with Crippen LogP contribution in [0.3, 0.4) is 0 Å². The molecule has 0 saturated carbocycles. The predicted molar refractivity (Wildman–Crippen MR) is 52.9 cm³/mol. The Morgan fingerprint density at radius 2 is 1.67 bits per heavy atom. The quantitative estimate of drug-likeness (QED) is 0.514. The van der Waals surface area contributed by atoms with Gasteiger partial charge in [-0.2, -0.15) is 0 Å². The van der Waals surface area contributed by atoms with Gasteiger partial charge in [0.25, 0.3) is 20.4 Å². The Balaban J connectivity index is -0.000000208. The third kappa shape index (κ3) is 6.77. The molecule has 4 heteroatoms. The summed E-state index contributed by atoms with van der Waals surface area (Å²) in [5.74, 6) is 0. The van der Waals surface area contributed by atoms with Crippen LogP contribution in [0.25, 0.3) is 0 Å². The van der Waals surface area contributed by atoms with Gasteiger partial charge in [-0.25, -0.2) is 0 Å². The number of rotatable bonds is 1. The van der Waals surface area contributed by atoms with Gasteiger partial charge in [0.1, 0.15) is 0 Å². The molecule has 0 spiro atoms. The monoisotopic (exact) mass is 244 g/mol. The smallest absolute Gasteiger partial charge is 0.281 e. The molecular weight excluding hydrogens is 235 g/mol. The van der Waals surface area contributed by atoms with Gasteiger partial charge in [-0.05, 0) is 0 Å². The Labute approximate surface area is 98.8 Å². The summed E-state index contributed by atoms with van der Waals surface area (Å²) < 4.78 is -0.0486. The van der Waals surface area contributed by atoms with Crippen molar-refractivity contribution in [2.45, 2.75) is 11.2 Å². The average Bonchev–Trinajstić information content (AvgIpc) is 2.68. The standard InChI is InChI=1S/C8H9.3CO.Mn/c1-3-8-6-4-5-7(8)2;3*1-2;/h3-6H,1H2,2H3;;;;. The van der Waals surface area contributed by atoms with E-state index in [1.165, 1.54) is 5.57 Å². The minimum absolute atomic E-state index is 0.0486. The maximum Gasteiger partial charge on any atom is 0.281 e. The van der Waals surface area contributed by atoms with Crippen LogP contribution in [0.1, 0.15) is 6.92 Å². The van der Waals surface area contributed by atoms with Gasteiger partial charge in [0.2, 0.25) is 0 Å². The molecule has 0 saturated heterocycles. The van der Waals surface area contributed by atoms with Gasteiger partial charge in [-0.3, -0.25) is 14.4 Å². The fraction of sp³-hybridized carbons (Fsp3) is 0.182. The third-order valence-corrected chi connectivity index (χ3v) is 2.49. The van der Waals surface area contributed by atoms with Crippen molar-refractivity contribution in [1.82, 2.24) is 0 Å². The molecule has 0 amide bonds. The molecule has 78 valence electrons. The van der Waals surface area contributed by atoms with Gasteiger partial charge >= 0.3 is 63.7 Å².